The predicted molar refractivity (Wildman–Crippen MR) is 73.2 cm³/mol. The summed E-state index contributed by atoms with van der Waals surface area (Å²) in [6.45, 7) is 11.9. The molecule has 2 aliphatic heterocycles. The SMILES string of the molecule is CCC1NC(C)N(CC2CCN(C(C)C)C2)C1=O. The Hall–Kier alpha value is -0.610. The average Bonchev–Trinajstić information content (AvgIpc) is 2.89. The molecule has 0 bridgehead atoms. The van der Waals surface area contributed by atoms with E-state index in [1.165, 1.54) is 13.0 Å². The molecular weight excluding hydrogens is 226 g/mol. The van der Waals surface area contributed by atoms with Crippen LogP contribution >= 0.6 is 0 Å². The molecule has 104 valence electrons. The van der Waals surface area contributed by atoms with E-state index in [4.69, 9.17) is 0 Å². The summed E-state index contributed by atoms with van der Waals surface area (Å²) in [6.07, 6.45) is 2.32. The molecule has 0 aromatic heterocycles. The number of rotatable bonds is 4. The van der Waals surface area contributed by atoms with E-state index >= 15 is 0 Å². The zero-order valence-corrected chi connectivity index (χ0v) is 12.1. The number of amides is 1. The van der Waals surface area contributed by atoms with Gasteiger partial charge >= 0.3 is 0 Å². The normalized spacial score (nSPS) is 33.9. The smallest absolute Gasteiger partial charge is 0.241 e. The Bertz CT molecular complexity index is 305. The molecular formula is C14H27N3O. The van der Waals surface area contributed by atoms with Crippen LogP contribution in [0.3, 0.4) is 0 Å². The van der Waals surface area contributed by atoms with Gasteiger partial charge in [-0.15, -0.1) is 0 Å². The van der Waals surface area contributed by atoms with Crippen LogP contribution in [0, 0.1) is 5.92 Å². The molecule has 1 amide bonds. The lowest BCUT2D eigenvalue weighted by Crippen LogP contribution is -2.39. The summed E-state index contributed by atoms with van der Waals surface area (Å²) in [6, 6.07) is 0.672. The summed E-state index contributed by atoms with van der Waals surface area (Å²) in [4.78, 5) is 16.8. The lowest BCUT2D eigenvalue weighted by Gasteiger charge is -2.25. The molecule has 4 nitrogen and oxygen atoms in total. The quantitative estimate of drug-likeness (QED) is 0.819. The van der Waals surface area contributed by atoms with Crippen LogP contribution in [-0.4, -0.2) is 53.6 Å². The monoisotopic (exact) mass is 253 g/mol. The number of hydrogen-bond acceptors (Lipinski definition) is 3. The molecule has 18 heavy (non-hydrogen) atoms. The standard InChI is InChI=1S/C14H27N3O/c1-5-13-14(18)17(11(4)15-13)9-12-6-7-16(8-12)10(2)3/h10-13,15H,5-9H2,1-4H3. The van der Waals surface area contributed by atoms with E-state index in [0.717, 1.165) is 19.5 Å². The largest absolute Gasteiger partial charge is 0.326 e. The highest BCUT2D eigenvalue weighted by Gasteiger charge is 2.37. The summed E-state index contributed by atoms with van der Waals surface area (Å²) in [5.41, 5.74) is 0. The molecule has 0 spiro atoms. The van der Waals surface area contributed by atoms with Crippen LogP contribution in [0.4, 0.5) is 0 Å². The van der Waals surface area contributed by atoms with Gasteiger partial charge in [-0.3, -0.25) is 10.1 Å². The summed E-state index contributed by atoms with van der Waals surface area (Å²) in [5.74, 6) is 0.948. The Balaban J connectivity index is 1.89. The molecule has 2 aliphatic rings. The van der Waals surface area contributed by atoms with Crippen molar-refractivity contribution in [3.63, 3.8) is 0 Å². The van der Waals surface area contributed by atoms with Gasteiger partial charge in [-0.05, 0) is 46.1 Å². The fraction of sp³-hybridized carbons (Fsp3) is 0.929. The van der Waals surface area contributed by atoms with Gasteiger partial charge in [0.2, 0.25) is 5.91 Å². The zero-order valence-electron chi connectivity index (χ0n) is 12.1. The maximum atomic E-state index is 12.2. The Labute approximate surface area is 111 Å². The van der Waals surface area contributed by atoms with Crippen molar-refractivity contribution in [1.29, 1.82) is 0 Å². The van der Waals surface area contributed by atoms with Crippen molar-refractivity contribution in [2.75, 3.05) is 19.6 Å². The third-order valence-electron chi connectivity index (χ3n) is 4.40. The minimum atomic E-state index is 0.0441. The van der Waals surface area contributed by atoms with Gasteiger partial charge < -0.3 is 9.80 Å². The number of hydrogen-bond donors (Lipinski definition) is 1. The maximum absolute atomic E-state index is 12.2. The first-order chi connectivity index (χ1) is 8.52. The highest BCUT2D eigenvalue weighted by atomic mass is 16.2. The average molecular weight is 253 g/mol. The maximum Gasteiger partial charge on any atom is 0.241 e. The summed E-state index contributed by atoms with van der Waals surface area (Å²) in [5, 5.41) is 3.37. The highest BCUT2D eigenvalue weighted by Crippen LogP contribution is 2.22. The van der Waals surface area contributed by atoms with Crippen molar-refractivity contribution in [3.8, 4) is 0 Å². The fourth-order valence-corrected chi connectivity index (χ4v) is 3.14. The van der Waals surface area contributed by atoms with Crippen LogP contribution < -0.4 is 5.32 Å². The Kier molecular flexibility index (Phi) is 4.28. The third-order valence-corrected chi connectivity index (χ3v) is 4.40. The Morgan fingerprint density at radius 3 is 2.67 bits per heavy atom. The van der Waals surface area contributed by atoms with Crippen LogP contribution in [0.1, 0.15) is 40.5 Å². The van der Waals surface area contributed by atoms with E-state index in [9.17, 15) is 4.79 Å². The second-order valence-corrected chi connectivity index (χ2v) is 6.04. The van der Waals surface area contributed by atoms with Crippen LogP contribution in [0.15, 0.2) is 0 Å². The molecule has 2 rings (SSSR count). The van der Waals surface area contributed by atoms with Crippen LogP contribution in [0.2, 0.25) is 0 Å². The first-order valence-corrected chi connectivity index (χ1v) is 7.33. The third kappa shape index (κ3) is 2.69. The number of nitrogens with zero attached hydrogens (tertiary/aromatic N) is 2. The number of nitrogens with one attached hydrogen (secondary N) is 1. The van der Waals surface area contributed by atoms with Crippen LogP contribution in [0.5, 0.6) is 0 Å². The van der Waals surface area contributed by atoms with Gasteiger partial charge in [-0.2, -0.15) is 0 Å². The zero-order chi connectivity index (χ0) is 13.3. The molecule has 3 atom stereocenters. The van der Waals surface area contributed by atoms with E-state index in [1.54, 1.807) is 0 Å². The number of carbonyl (C=O) groups is 1. The van der Waals surface area contributed by atoms with E-state index in [-0.39, 0.29) is 12.2 Å². The highest BCUT2D eigenvalue weighted by molar-refractivity contribution is 5.84. The molecule has 0 saturated carbocycles. The van der Waals surface area contributed by atoms with E-state index in [1.807, 2.05) is 4.90 Å². The molecule has 2 saturated heterocycles. The molecule has 2 fully saturated rings. The van der Waals surface area contributed by atoms with Gasteiger partial charge in [0.05, 0.1) is 12.2 Å². The minimum absolute atomic E-state index is 0.0441. The fourth-order valence-electron chi connectivity index (χ4n) is 3.14. The van der Waals surface area contributed by atoms with Crippen LogP contribution in [-0.2, 0) is 4.79 Å². The van der Waals surface area contributed by atoms with Crippen molar-refractivity contribution >= 4 is 5.91 Å². The second-order valence-electron chi connectivity index (χ2n) is 6.04. The minimum Gasteiger partial charge on any atom is -0.326 e. The topological polar surface area (TPSA) is 35.6 Å². The number of carbonyl (C=O) groups excluding carboxylic acids is 1. The molecule has 2 heterocycles. The van der Waals surface area contributed by atoms with Crippen molar-refractivity contribution in [3.05, 3.63) is 0 Å². The van der Waals surface area contributed by atoms with Gasteiger partial charge in [-0.1, -0.05) is 6.92 Å². The summed E-state index contributed by atoms with van der Waals surface area (Å²) in [7, 11) is 0. The van der Waals surface area contributed by atoms with E-state index < -0.39 is 0 Å². The van der Waals surface area contributed by atoms with Crippen molar-refractivity contribution in [2.24, 2.45) is 5.92 Å². The Morgan fingerprint density at radius 2 is 2.17 bits per heavy atom. The summed E-state index contributed by atoms with van der Waals surface area (Å²) >= 11 is 0. The lowest BCUT2D eigenvalue weighted by atomic mass is 10.1. The van der Waals surface area contributed by atoms with Gasteiger partial charge in [0, 0.05) is 19.1 Å². The number of likely N-dealkylation sites (tertiary alicyclic amines) is 1. The van der Waals surface area contributed by atoms with Crippen molar-refractivity contribution in [1.82, 2.24) is 15.1 Å². The first-order valence-electron chi connectivity index (χ1n) is 7.33. The van der Waals surface area contributed by atoms with Gasteiger partial charge in [0.25, 0.3) is 0 Å². The molecule has 4 heteroatoms. The molecule has 0 aliphatic carbocycles. The van der Waals surface area contributed by atoms with Gasteiger partial charge in [0.15, 0.2) is 0 Å². The molecule has 0 aromatic rings. The molecule has 1 N–H and O–H groups in total. The van der Waals surface area contributed by atoms with Crippen LogP contribution in [0.25, 0.3) is 0 Å². The summed E-state index contributed by atoms with van der Waals surface area (Å²) < 4.78 is 0. The predicted octanol–water partition coefficient (Wildman–Crippen LogP) is 1.27. The molecule has 0 aromatic carbocycles. The second kappa shape index (κ2) is 5.57. The van der Waals surface area contributed by atoms with Gasteiger partial charge in [-0.25, -0.2) is 0 Å². The van der Waals surface area contributed by atoms with E-state index in [0.29, 0.717) is 17.9 Å². The molecule has 0 radical (unpaired) electrons. The van der Waals surface area contributed by atoms with Crippen molar-refractivity contribution in [2.45, 2.75) is 58.8 Å². The molecule has 3 unspecified atom stereocenters. The lowest BCUT2D eigenvalue weighted by molar-refractivity contribution is -0.130. The van der Waals surface area contributed by atoms with Gasteiger partial charge in [0.1, 0.15) is 0 Å². The van der Waals surface area contributed by atoms with E-state index in [2.05, 4.69) is 37.9 Å². The van der Waals surface area contributed by atoms with Crippen molar-refractivity contribution < 1.29 is 4.79 Å². The Morgan fingerprint density at radius 1 is 1.44 bits per heavy atom. The first kappa shape index (κ1) is 13.8.